The number of anilines is 4. The molecule has 0 saturated heterocycles. The summed E-state index contributed by atoms with van der Waals surface area (Å²) in [5, 5.41) is 16.7. The first-order valence-corrected chi connectivity index (χ1v) is 13.0. The van der Waals surface area contributed by atoms with Crippen molar-refractivity contribution in [1.29, 1.82) is 0 Å². The average Bonchev–Trinajstić information content (AvgIpc) is 2.77. The minimum atomic E-state index is -0.687. The van der Waals surface area contributed by atoms with Crippen molar-refractivity contribution < 1.29 is 14.4 Å². The molecule has 11 heteroatoms. The molecule has 0 radical (unpaired) electrons. The summed E-state index contributed by atoms with van der Waals surface area (Å²) >= 11 is 6.38. The fourth-order valence-corrected chi connectivity index (χ4v) is 4.33. The first kappa shape index (κ1) is 26.2. The van der Waals surface area contributed by atoms with Crippen LogP contribution in [0.1, 0.15) is 11.1 Å². The van der Waals surface area contributed by atoms with E-state index in [-0.39, 0.29) is 15.6 Å². The molecule has 0 bridgehead atoms. The summed E-state index contributed by atoms with van der Waals surface area (Å²) in [5.74, 6) is 2.17. The van der Waals surface area contributed by atoms with Crippen molar-refractivity contribution >= 4 is 52.8 Å². The largest absolute Gasteiger partial charge is 0.508 e. The van der Waals surface area contributed by atoms with Gasteiger partial charge < -0.3 is 29.9 Å². The van der Waals surface area contributed by atoms with Crippen LogP contribution >= 0.6 is 29.6 Å². The Hall–Kier alpha value is -2.37. The van der Waals surface area contributed by atoms with Crippen LogP contribution in [-0.4, -0.2) is 54.0 Å². The van der Waals surface area contributed by atoms with Gasteiger partial charge in [0.1, 0.15) is 22.3 Å². The maximum absolute atomic E-state index is 9.85. The first-order chi connectivity index (χ1) is 15.8. The van der Waals surface area contributed by atoms with E-state index in [2.05, 4.69) is 44.7 Å². The maximum Gasteiger partial charge on any atom is 0.229 e. The van der Waals surface area contributed by atoms with Gasteiger partial charge in [0, 0.05) is 19.2 Å². The predicted octanol–water partition coefficient (Wildman–Crippen LogP) is 5.41. The number of halogens is 1. The minimum Gasteiger partial charge on any atom is -0.508 e. The van der Waals surface area contributed by atoms with Crippen LogP contribution in [0.3, 0.4) is 0 Å². The van der Waals surface area contributed by atoms with E-state index in [1.54, 1.807) is 25.3 Å². The second-order valence-corrected chi connectivity index (χ2v) is 10.2. The molecule has 1 unspecified atom stereocenters. The van der Waals surface area contributed by atoms with E-state index in [1.165, 1.54) is 17.3 Å². The molecular weight excluding hydrogens is 492 g/mol. The molecule has 34 heavy (non-hydrogen) atoms. The first-order valence-electron chi connectivity index (χ1n) is 10.5. The van der Waals surface area contributed by atoms with E-state index >= 15 is 0 Å². The van der Waals surface area contributed by atoms with Crippen LogP contribution in [0.2, 0.25) is 5.02 Å². The number of phenols is 1. The lowest BCUT2D eigenvalue weighted by molar-refractivity contribution is 0.312. The van der Waals surface area contributed by atoms with Crippen LogP contribution in [0.4, 0.5) is 23.1 Å². The number of likely N-dealkylation sites (N-methyl/N-ethyl adjacent to an activating group) is 1. The van der Waals surface area contributed by atoms with Crippen molar-refractivity contribution in [3.8, 4) is 17.2 Å². The lowest BCUT2D eigenvalue weighted by Gasteiger charge is -2.26. The molecule has 1 atom stereocenters. The minimum absolute atomic E-state index is 0. The van der Waals surface area contributed by atoms with E-state index < -0.39 is 8.15 Å². The highest BCUT2D eigenvalue weighted by molar-refractivity contribution is 7.51. The highest BCUT2D eigenvalue weighted by Crippen LogP contribution is 2.39. The molecule has 2 heterocycles. The molecule has 4 rings (SSSR count). The molecule has 8 nitrogen and oxygen atoms in total. The van der Waals surface area contributed by atoms with Gasteiger partial charge in [-0.05, 0) is 62.2 Å². The van der Waals surface area contributed by atoms with Crippen molar-refractivity contribution in [2.24, 2.45) is 0 Å². The van der Waals surface area contributed by atoms with Crippen molar-refractivity contribution in [2.45, 2.75) is 13.0 Å². The summed E-state index contributed by atoms with van der Waals surface area (Å²) in [6.07, 6.45) is 2.52. The molecule has 2 aromatic carbocycles. The highest BCUT2D eigenvalue weighted by atomic mass is 35.5. The predicted molar refractivity (Wildman–Crippen MR) is 145 cm³/mol. The molecule has 0 amide bonds. The van der Waals surface area contributed by atoms with Gasteiger partial charge in [-0.25, -0.2) is 4.98 Å². The summed E-state index contributed by atoms with van der Waals surface area (Å²) in [5.41, 5.74) is 3.98. The number of nitrogens with zero attached hydrogens (tertiary/aromatic N) is 3. The van der Waals surface area contributed by atoms with Gasteiger partial charge in [-0.15, -0.1) is 0 Å². The molecule has 0 saturated carbocycles. The summed E-state index contributed by atoms with van der Waals surface area (Å²) in [6, 6.07) is 9.02. The normalized spacial score (nSPS) is 13.1. The Kier molecular flexibility index (Phi) is 8.78. The molecule has 3 N–H and O–H groups in total. The zero-order chi connectivity index (χ0) is 23.5. The molecule has 1 aliphatic rings. The third-order valence-corrected chi connectivity index (χ3v) is 6.05. The average molecular weight is 522 g/mol. The number of nitrogens with one attached hydrogen (secondary N) is 2. The van der Waals surface area contributed by atoms with Crippen molar-refractivity contribution in [3.05, 3.63) is 52.7 Å². The quantitative estimate of drug-likeness (QED) is 0.281. The van der Waals surface area contributed by atoms with Crippen LogP contribution in [0.5, 0.6) is 17.2 Å². The van der Waals surface area contributed by atoms with Gasteiger partial charge in [-0.1, -0.05) is 11.6 Å². The summed E-state index contributed by atoms with van der Waals surface area (Å²) in [7, 11) is 3.08. The third kappa shape index (κ3) is 6.19. The number of fused-ring (bicyclic) bond motifs is 1. The lowest BCUT2D eigenvalue weighted by atomic mass is 9.99. The van der Waals surface area contributed by atoms with E-state index in [0.29, 0.717) is 28.2 Å². The molecule has 1 aromatic heterocycles. The van der Waals surface area contributed by atoms with Gasteiger partial charge in [-0.3, -0.25) is 0 Å². The zero-order valence-electron chi connectivity index (χ0n) is 19.7. The Morgan fingerprint density at radius 3 is 2.62 bits per heavy atom. The molecule has 3 aromatic rings. The highest BCUT2D eigenvalue weighted by Gasteiger charge is 2.18. The van der Waals surface area contributed by atoms with Crippen LogP contribution < -0.4 is 19.9 Å². The summed E-state index contributed by atoms with van der Waals surface area (Å²) in [6.45, 7) is 5.86. The number of ether oxygens (including phenoxy) is 1. The number of hydrogen-bond acceptors (Lipinski definition) is 8. The number of phenolic OH excluding ortho intramolecular Hbond substituents is 1. The van der Waals surface area contributed by atoms with Gasteiger partial charge in [0.05, 0.1) is 32.8 Å². The van der Waals surface area contributed by atoms with Gasteiger partial charge in [0.2, 0.25) is 5.95 Å². The van der Waals surface area contributed by atoms with Gasteiger partial charge in [-0.2, -0.15) is 14.9 Å². The number of methoxy groups -OCH3 is 1. The Morgan fingerprint density at radius 1 is 1.09 bits per heavy atom. The van der Waals surface area contributed by atoms with E-state index in [1.807, 2.05) is 13.3 Å². The monoisotopic (exact) mass is 521 g/mol. The van der Waals surface area contributed by atoms with Gasteiger partial charge >= 0.3 is 0 Å². The van der Waals surface area contributed by atoms with Crippen LogP contribution in [0, 0.1) is 0 Å². The topological polar surface area (TPSA) is 91.8 Å². The van der Waals surface area contributed by atoms with Gasteiger partial charge in [0.15, 0.2) is 5.82 Å². The lowest BCUT2D eigenvalue weighted by Crippen LogP contribution is -2.26. The second kappa shape index (κ2) is 11.4. The summed E-state index contributed by atoms with van der Waals surface area (Å²) in [4.78, 5) is 11.2. The molecular formula is C23H30ClN5O3P2. The SMILES string of the molecule is COc1cc2c(cc1Nc1ncc(Cl)c(Nc3ccc(O)cc3OP(C)C)n1)CN(C)CC2.P. The molecule has 0 aliphatic carbocycles. The van der Waals surface area contributed by atoms with Gasteiger partial charge in [0.25, 0.3) is 0 Å². The number of benzene rings is 2. The summed E-state index contributed by atoms with van der Waals surface area (Å²) < 4.78 is 11.5. The number of aromatic nitrogens is 2. The van der Waals surface area contributed by atoms with E-state index in [4.69, 9.17) is 20.9 Å². The Bertz CT molecular complexity index is 1170. The number of rotatable bonds is 7. The number of hydrogen-bond donors (Lipinski definition) is 3. The second-order valence-electron chi connectivity index (χ2n) is 8.03. The van der Waals surface area contributed by atoms with Crippen molar-refractivity contribution in [3.63, 3.8) is 0 Å². The molecule has 182 valence electrons. The Morgan fingerprint density at radius 2 is 1.88 bits per heavy atom. The smallest absolute Gasteiger partial charge is 0.229 e. The molecule has 1 aliphatic heterocycles. The third-order valence-electron chi connectivity index (χ3n) is 5.21. The van der Waals surface area contributed by atoms with Crippen molar-refractivity contribution in [2.75, 3.05) is 44.7 Å². The van der Waals surface area contributed by atoms with Crippen molar-refractivity contribution in [1.82, 2.24) is 14.9 Å². The fourth-order valence-electron chi connectivity index (χ4n) is 3.64. The standard InChI is InChI=1S/C23H27ClN5O3P.H3P/c1-29-8-7-14-10-20(31-2)19(9-15(14)13-29)27-23-25-12-17(24)22(28-23)26-18-6-5-16(30)11-21(18)32-33(3)4;/h5-6,9-12,30H,7-8,13H2,1-4H3,(H2,25,26,27,28);1H3. The number of aromatic hydroxyl groups is 1. The van der Waals surface area contributed by atoms with E-state index in [9.17, 15) is 5.11 Å². The maximum atomic E-state index is 9.85. The Balaban J connectivity index is 0.00000324. The zero-order valence-corrected chi connectivity index (χ0v) is 22.8. The molecule has 0 fully saturated rings. The Labute approximate surface area is 209 Å². The van der Waals surface area contributed by atoms with E-state index in [0.717, 1.165) is 30.9 Å². The van der Waals surface area contributed by atoms with Crippen LogP contribution in [0.15, 0.2) is 36.5 Å². The fraction of sp³-hybridized carbons (Fsp3) is 0.304. The van der Waals surface area contributed by atoms with Crippen LogP contribution in [0.25, 0.3) is 0 Å². The van der Waals surface area contributed by atoms with Crippen LogP contribution in [-0.2, 0) is 13.0 Å². The molecule has 0 spiro atoms.